The number of hydrogen-bond acceptors (Lipinski definition) is 7. The number of anilines is 2. The van der Waals surface area contributed by atoms with E-state index in [4.69, 9.17) is 18.6 Å². The normalized spacial score (nSPS) is 15.0. The second-order valence-electron chi connectivity index (χ2n) is 6.95. The van der Waals surface area contributed by atoms with Gasteiger partial charge in [0.2, 0.25) is 5.91 Å². The molecule has 1 saturated heterocycles. The number of amides is 1. The summed E-state index contributed by atoms with van der Waals surface area (Å²) in [6.45, 7) is 9.89. The van der Waals surface area contributed by atoms with Crippen molar-refractivity contribution in [3.8, 4) is 11.5 Å². The minimum atomic E-state index is -0.170. The van der Waals surface area contributed by atoms with E-state index in [0.717, 1.165) is 30.3 Å². The maximum atomic E-state index is 12.6. The Bertz CT molecular complexity index is 803. The van der Waals surface area contributed by atoms with E-state index < -0.39 is 0 Å². The zero-order chi connectivity index (χ0) is 21.3. The molecule has 1 aromatic heterocycles. The Labute approximate surface area is 177 Å². The van der Waals surface area contributed by atoms with Gasteiger partial charge in [-0.05, 0) is 32.9 Å². The van der Waals surface area contributed by atoms with Crippen molar-refractivity contribution in [1.82, 2.24) is 5.32 Å². The highest BCUT2D eigenvalue weighted by Crippen LogP contribution is 2.39. The van der Waals surface area contributed by atoms with Crippen LogP contribution in [0.4, 0.5) is 11.4 Å². The molecule has 8 heteroatoms. The van der Waals surface area contributed by atoms with E-state index in [1.807, 2.05) is 45.0 Å². The molecule has 0 aliphatic carbocycles. The second kappa shape index (κ2) is 10.9. The number of carbonyl (C=O) groups excluding carboxylic acids is 1. The smallest absolute Gasteiger partial charge is 0.238 e. The van der Waals surface area contributed by atoms with Crippen molar-refractivity contribution in [2.75, 3.05) is 56.3 Å². The number of carbonyl (C=O) groups is 1. The van der Waals surface area contributed by atoms with E-state index in [1.165, 1.54) is 0 Å². The molecule has 0 saturated carbocycles. The molecule has 1 aliphatic rings. The topological polar surface area (TPSA) is 85.2 Å². The standard InChI is InChI=1S/C22H31N3O5/c1-4-28-20-14-18(25-8-11-27-12-9-25)21(29-5-2)13-17(20)24-22(26)15-23-16(3)19-7-6-10-30-19/h6-7,10,13-14,16,23H,4-5,8-9,11-12,15H2,1-3H3,(H,24,26)/t16-/m0/s1. The van der Waals surface area contributed by atoms with Gasteiger partial charge < -0.3 is 28.8 Å². The summed E-state index contributed by atoms with van der Waals surface area (Å²) in [5, 5.41) is 6.10. The highest BCUT2D eigenvalue weighted by atomic mass is 16.5. The highest BCUT2D eigenvalue weighted by molar-refractivity contribution is 5.94. The van der Waals surface area contributed by atoms with Gasteiger partial charge in [-0.15, -0.1) is 0 Å². The first-order valence-corrected chi connectivity index (χ1v) is 10.4. The first kappa shape index (κ1) is 22.0. The summed E-state index contributed by atoms with van der Waals surface area (Å²) in [7, 11) is 0. The summed E-state index contributed by atoms with van der Waals surface area (Å²) in [6, 6.07) is 7.41. The Morgan fingerprint density at radius 3 is 2.57 bits per heavy atom. The number of nitrogens with zero attached hydrogens (tertiary/aromatic N) is 1. The second-order valence-corrected chi connectivity index (χ2v) is 6.95. The predicted molar refractivity (Wildman–Crippen MR) is 116 cm³/mol. The largest absolute Gasteiger partial charge is 0.492 e. The number of benzene rings is 1. The van der Waals surface area contributed by atoms with Crippen LogP contribution in [0.1, 0.15) is 32.6 Å². The average molecular weight is 418 g/mol. The van der Waals surface area contributed by atoms with Gasteiger partial charge >= 0.3 is 0 Å². The quantitative estimate of drug-likeness (QED) is 0.614. The van der Waals surface area contributed by atoms with Crippen molar-refractivity contribution < 1.29 is 23.4 Å². The molecule has 8 nitrogen and oxygen atoms in total. The molecular formula is C22H31N3O5. The Balaban J connectivity index is 1.74. The minimum absolute atomic E-state index is 0.0696. The maximum absolute atomic E-state index is 12.6. The van der Waals surface area contributed by atoms with E-state index >= 15 is 0 Å². The third-order valence-electron chi connectivity index (χ3n) is 4.83. The molecule has 0 radical (unpaired) electrons. The van der Waals surface area contributed by atoms with Gasteiger partial charge in [-0.25, -0.2) is 0 Å². The van der Waals surface area contributed by atoms with Gasteiger partial charge in [-0.3, -0.25) is 10.1 Å². The van der Waals surface area contributed by atoms with Crippen molar-refractivity contribution >= 4 is 17.3 Å². The highest BCUT2D eigenvalue weighted by Gasteiger charge is 2.20. The summed E-state index contributed by atoms with van der Waals surface area (Å²) in [5.74, 6) is 1.95. The van der Waals surface area contributed by atoms with Crippen LogP contribution in [0.2, 0.25) is 0 Å². The number of nitrogens with one attached hydrogen (secondary N) is 2. The molecule has 0 unspecified atom stereocenters. The van der Waals surface area contributed by atoms with Crippen LogP contribution in [0, 0.1) is 0 Å². The first-order chi connectivity index (χ1) is 14.6. The van der Waals surface area contributed by atoms with E-state index in [1.54, 1.807) is 6.26 Å². The fraction of sp³-hybridized carbons (Fsp3) is 0.500. The molecule has 3 rings (SSSR count). The predicted octanol–water partition coefficient (Wildman–Crippen LogP) is 3.20. The average Bonchev–Trinajstić information content (AvgIpc) is 3.30. The lowest BCUT2D eigenvalue weighted by atomic mass is 10.2. The minimum Gasteiger partial charge on any atom is -0.492 e. The third-order valence-corrected chi connectivity index (χ3v) is 4.83. The number of furan rings is 1. The van der Waals surface area contributed by atoms with E-state index in [9.17, 15) is 4.79 Å². The van der Waals surface area contributed by atoms with Crippen LogP contribution in [0.25, 0.3) is 0 Å². The molecule has 1 atom stereocenters. The van der Waals surface area contributed by atoms with Crippen molar-refractivity contribution in [1.29, 1.82) is 0 Å². The van der Waals surface area contributed by atoms with E-state index in [0.29, 0.717) is 37.9 Å². The summed E-state index contributed by atoms with van der Waals surface area (Å²) >= 11 is 0. The number of rotatable bonds is 10. The molecular weight excluding hydrogens is 386 g/mol. The van der Waals surface area contributed by atoms with Gasteiger partial charge in [-0.2, -0.15) is 0 Å². The van der Waals surface area contributed by atoms with Gasteiger partial charge in [0, 0.05) is 25.2 Å². The lowest BCUT2D eigenvalue weighted by molar-refractivity contribution is -0.115. The van der Waals surface area contributed by atoms with Crippen LogP contribution in [0.15, 0.2) is 34.9 Å². The summed E-state index contributed by atoms with van der Waals surface area (Å²) in [4.78, 5) is 14.8. The SMILES string of the molecule is CCOc1cc(N2CCOCC2)c(OCC)cc1NC(=O)CN[C@@H](C)c1ccco1. The zero-order valence-corrected chi connectivity index (χ0v) is 17.9. The van der Waals surface area contributed by atoms with Crippen molar-refractivity contribution in [3.05, 3.63) is 36.3 Å². The molecule has 2 heterocycles. The van der Waals surface area contributed by atoms with Crippen LogP contribution in [-0.2, 0) is 9.53 Å². The lowest BCUT2D eigenvalue weighted by Gasteiger charge is -2.31. The van der Waals surface area contributed by atoms with Gasteiger partial charge in [0.1, 0.15) is 17.3 Å². The third kappa shape index (κ3) is 5.67. The fourth-order valence-electron chi connectivity index (χ4n) is 3.32. The number of morpholine rings is 1. The molecule has 1 fully saturated rings. The summed E-state index contributed by atoms with van der Waals surface area (Å²) in [6.07, 6.45) is 1.62. The molecule has 1 aromatic carbocycles. The first-order valence-electron chi connectivity index (χ1n) is 10.4. The molecule has 2 aromatic rings. The van der Waals surface area contributed by atoms with Crippen LogP contribution in [0.5, 0.6) is 11.5 Å². The van der Waals surface area contributed by atoms with Gasteiger partial charge in [0.05, 0.1) is 56.7 Å². The van der Waals surface area contributed by atoms with Crippen LogP contribution in [-0.4, -0.2) is 52.0 Å². The Hall–Kier alpha value is -2.71. The Kier molecular flexibility index (Phi) is 7.98. The summed E-state index contributed by atoms with van der Waals surface area (Å²) < 4.78 is 22.5. The zero-order valence-electron chi connectivity index (χ0n) is 17.9. The lowest BCUT2D eigenvalue weighted by Crippen LogP contribution is -2.36. The maximum Gasteiger partial charge on any atom is 0.238 e. The molecule has 1 aliphatic heterocycles. The van der Waals surface area contributed by atoms with Crippen molar-refractivity contribution in [3.63, 3.8) is 0 Å². The Morgan fingerprint density at radius 1 is 1.17 bits per heavy atom. The van der Waals surface area contributed by atoms with Gasteiger partial charge in [0.25, 0.3) is 0 Å². The van der Waals surface area contributed by atoms with Gasteiger partial charge in [0.15, 0.2) is 0 Å². The molecule has 0 bridgehead atoms. The Morgan fingerprint density at radius 2 is 1.90 bits per heavy atom. The fourth-order valence-corrected chi connectivity index (χ4v) is 3.32. The van der Waals surface area contributed by atoms with Crippen LogP contribution >= 0.6 is 0 Å². The van der Waals surface area contributed by atoms with E-state index in [2.05, 4.69) is 15.5 Å². The molecule has 1 amide bonds. The monoisotopic (exact) mass is 417 g/mol. The van der Waals surface area contributed by atoms with Crippen LogP contribution in [0.3, 0.4) is 0 Å². The number of ether oxygens (including phenoxy) is 3. The van der Waals surface area contributed by atoms with Crippen LogP contribution < -0.4 is 25.0 Å². The van der Waals surface area contributed by atoms with E-state index in [-0.39, 0.29) is 18.5 Å². The molecule has 2 N–H and O–H groups in total. The van der Waals surface area contributed by atoms with Crippen molar-refractivity contribution in [2.24, 2.45) is 0 Å². The summed E-state index contributed by atoms with van der Waals surface area (Å²) in [5.41, 5.74) is 1.54. The van der Waals surface area contributed by atoms with Gasteiger partial charge in [-0.1, -0.05) is 0 Å². The molecule has 164 valence electrons. The van der Waals surface area contributed by atoms with Crippen molar-refractivity contribution in [2.45, 2.75) is 26.8 Å². The molecule has 0 spiro atoms. The number of hydrogen-bond donors (Lipinski definition) is 2. The molecule has 30 heavy (non-hydrogen) atoms.